The van der Waals surface area contributed by atoms with Crippen LogP contribution in [-0.2, 0) is 4.74 Å². The molecule has 3 rings (SSSR count). The molecular formula is C12H11N5O2. The molecule has 0 atom stereocenters. The number of rotatable bonds is 3. The highest BCUT2D eigenvalue weighted by Gasteiger charge is 2.08. The molecule has 0 spiro atoms. The molecule has 1 aliphatic heterocycles. The van der Waals surface area contributed by atoms with Crippen molar-refractivity contribution in [3.05, 3.63) is 48.1 Å². The molecule has 96 valence electrons. The maximum atomic E-state index is 11.1. The molecule has 0 unspecified atom stereocenters. The van der Waals surface area contributed by atoms with Crippen LogP contribution in [0.2, 0.25) is 0 Å². The second-order valence-electron chi connectivity index (χ2n) is 3.96. The number of nitrogens with zero attached hydrogens (tertiary/aromatic N) is 3. The van der Waals surface area contributed by atoms with Crippen molar-refractivity contribution in [2.45, 2.75) is 0 Å². The fourth-order valence-electron chi connectivity index (χ4n) is 1.73. The summed E-state index contributed by atoms with van der Waals surface area (Å²) in [6, 6.07) is 1.66. The molecule has 7 nitrogen and oxygen atoms in total. The Morgan fingerprint density at radius 2 is 2.37 bits per heavy atom. The lowest BCUT2D eigenvalue weighted by atomic mass is 10.2. The third-order valence-corrected chi connectivity index (χ3v) is 2.67. The van der Waals surface area contributed by atoms with Gasteiger partial charge in [-0.2, -0.15) is 9.89 Å². The number of hydrogen-bond acceptors (Lipinski definition) is 5. The van der Waals surface area contributed by atoms with E-state index in [1.807, 2.05) is 6.08 Å². The van der Waals surface area contributed by atoms with Gasteiger partial charge in [-0.25, -0.2) is 4.98 Å². The minimum atomic E-state index is -0.509. The third-order valence-electron chi connectivity index (χ3n) is 2.67. The van der Waals surface area contributed by atoms with Gasteiger partial charge in [0.15, 0.2) is 5.65 Å². The molecule has 7 heteroatoms. The van der Waals surface area contributed by atoms with Crippen LogP contribution in [0, 0.1) is 0 Å². The van der Waals surface area contributed by atoms with Crippen LogP contribution in [0.5, 0.6) is 0 Å². The first kappa shape index (κ1) is 11.3. The number of allylic oxidation sites excluding steroid dienone is 1. The standard InChI is InChI=1S/C12H11N5O2/c13-11(18)8-5-9-7-15-17(12(9)14-6-8)16-10-1-3-19-4-2-10/h1-3,5-7,16H,4H2,(H2,13,18). The van der Waals surface area contributed by atoms with E-state index in [-0.39, 0.29) is 0 Å². The van der Waals surface area contributed by atoms with Crippen LogP contribution >= 0.6 is 0 Å². The maximum Gasteiger partial charge on any atom is 0.250 e. The molecule has 1 amide bonds. The van der Waals surface area contributed by atoms with Gasteiger partial charge in [-0.05, 0) is 18.2 Å². The Balaban J connectivity index is 1.94. The fraction of sp³-hybridized carbons (Fsp3) is 0.0833. The number of hydrogen-bond donors (Lipinski definition) is 2. The van der Waals surface area contributed by atoms with Gasteiger partial charge < -0.3 is 10.5 Å². The van der Waals surface area contributed by atoms with Crippen LogP contribution in [-0.4, -0.2) is 27.4 Å². The van der Waals surface area contributed by atoms with Crippen LogP contribution in [0.4, 0.5) is 0 Å². The van der Waals surface area contributed by atoms with Crippen LogP contribution in [0.1, 0.15) is 10.4 Å². The minimum absolute atomic E-state index is 0.359. The number of amides is 1. The van der Waals surface area contributed by atoms with Gasteiger partial charge in [0.2, 0.25) is 5.91 Å². The highest BCUT2D eigenvalue weighted by molar-refractivity contribution is 5.95. The van der Waals surface area contributed by atoms with Crippen LogP contribution in [0.25, 0.3) is 11.0 Å². The number of nitrogens with two attached hydrogens (primary N) is 1. The summed E-state index contributed by atoms with van der Waals surface area (Å²) in [6.45, 7) is 0.511. The van der Waals surface area contributed by atoms with Crippen LogP contribution in [0.3, 0.4) is 0 Å². The predicted octanol–water partition coefficient (Wildman–Crippen LogP) is 0.501. The van der Waals surface area contributed by atoms with E-state index >= 15 is 0 Å². The van der Waals surface area contributed by atoms with E-state index in [9.17, 15) is 4.79 Å². The van der Waals surface area contributed by atoms with E-state index in [1.165, 1.54) is 11.0 Å². The number of carbonyl (C=O) groups excluding carboxylic acids is 1. The average molecular weight is 257 g/mol. The maximum absolute atomic E-state index is 11.1. The van der Waals surface area contributed by atoms with Gasteiger partial charge in [0.25, 0.3) is 0 Å². The fourth-order valence-corrected chi connectivity index (χ4v) is 1.73. The summed E-state index contributed by atoms with van der Waals surface area (Å²) in [6.07, 6.45) is 8.32. The van der Waals surface area contributed by atoms with E-state index in [0.717, 1.165) is 11.1 Å². The van der Waals surface area contributed by atoms with Gasteiger partial charge in [-0.1, -0.05) is 0 Å². The quantitative estimate of drug-likeness (QED) is 0.835. The highest BCUT2D eigenvalue weighted by atomic mass is 16.5. The molecule has 0 aromatic carbocycles. The number of nitrogens with one attached hydrogen (secondary N) is 1. The molecular weight excluding hydrogens is 246 g/mol. The van der Waals surface area contributed by atoms with Crippen molar-refractivity contribution in [3.63, 3.8) is 0 Å². The van der Waals surface area contributed by atoms with Gasteiger partial charge in [0, 0.05) is 11.6 Å². The van der Waals surface area contributed by atoms with E-state index in [2.05, 4.69) is 15.5 Å². The summed E-state index contributed by atoms with van der Waals surface area (Å²) in [5.41, 5.74) is 10.1. The number of primary amides is 1. The van der Waals surface area contributed by atoms with Gasteiger partial charge in [-0.3, -0.25) is 10.2 Å². The first-order valence-corrected chi connectivity index (χ1v) is 5.63. The van der Waals surface area contributed by atoms with Crippen molar-refractivity contribution >= 4 is 16.9 Å². The molecule has 0 saturated heterocycles. The molecule has 3 N–H and O–H groups in total. The lowest BCUT2D eigenvalue weighted by Gasteiger charge is -2.11. The lowest BCUT2D eigenvalue weighted by molar-refractivity contribution is 0.1000. The third kappa shape index (κ3) is 2.13. The Morgan fingerprint density at radius 1 is 1.47 bits per heavy atom. The smallest absolute Gasteiger partial charge is 0.250 e. The summed E-state index contributed by atoms with van der Waals surface area (Å²) < 4.78 is 5.05. The second-order valence-corrected chi connectivity index (χ2v) is 3.96. The molecule has 1 aliphatic rings. The first-order valence-electron chi connectivity index (χ1n) is 5.63. The summed E-state index contributed by atoms with van der Waals surface area (Å²) in [7, 11) is 0. The summed E-state index contributed by atoms with van der Waals surface area (Å²) in [4.78, 5) is 16.8. The number of fused-ring (bicyclic) bond motifs is 1. The summed E-state index contributed by atoms with van der Waals surface area (Å²) in [5, 5.41) is 4.90. The van der Waals surface area contributed by atoms with Crippen molar-refractivity contribution < 1.29 is 9.53 Å². The van der Waals surface area contributed by atoms with Gasteiger partial charge in [-0.15, -0.1) is 0 Å². The minimum Gasteiger partial charge on any atom is -0.497 e. The molecule has 0 aliphatic carbocycles. The lowest BCUT2D eigenvalue weighted by Crippen LogP contribution is -2.17. The highest BCUT2D eigenvalue weighted by Crippen LogP contribution is 2.13. The zero-order valence-corrected chi connectivity index (χ0v) is 9.91. The molecule has 3 heterocycles. The molecule has 0 fully saturated rings. The first-order chi connectivity index (χ1) is 9.24. The van der Waals surface area contributed by atoms with Crippen molar-refractivity contribution in [1.29, 1.82) is 0 Å². The van der Waals surface area contributed by atoms with Crippen molar-refractivity contribution in [1.82, 2.24) is 14.9 Å². The summed E-state index contributed by atoms with van der Waals surface area (Å²) in [5.74, 6) is -0.509. The zero-order valence-electron chi connectivity index (χ0n) is 9.91. The van der Waals surface area contributed by atoms with Crippen LogP contribution in [0.15, 0.2) is 42.6 Å². The second kappa shape index (κ2) is 4.45. The predicted molar refractivity (Wildman–Crippen MR) is 68.6 cm³/mol. The molecule has 0 radical (unpaired) electrons. The van der Waals surface area contributed by atoms with Crippen molar-refractivity contribution in [2.24, 2.45) is 5.73 Å². The largest absolute Gasteiger partial charge is 0.497 e. The number of aromatic nitrogens is 3. The monoisotopic (exact) mass is 257 g/mol. The Labute approximate surface area is 108 Å². The molecule has 19 heavy (non-hydrogen) atoms. The topological polar surface area (TPSA) is 95.1 Å². The molecule has 2 aromatic rings. The van der Waals surface area contributed by atoms with Crippen molar-refractivity contribution in [2.75, 3.05) is 12.0 Å². The van der Waals surface area contributed by atoms with Gasteiger partial charge in [0.1, 0.15) is 6.61 Å². The molecule has 0 bridgehead atoms. The van der Waals surface area contributed by atoms with Gasteiger partial charge >= 0.3 is 0 Å². The Bertz CT molecular complexity index is 701. The number of carbonyl (C=O) groups is 1. The Morgan fingerprint density at radius 3 is 3.11 bits per heavy atom. The SMILES string of the molecule is NC(=O)c1cnc2c(cnn2NC2=CCOC=C2)c1. The van der Waals surface area contributed by atoms with E-state index in [4.69, 9.17) is 10.5 Å². The van der Waals surface area contributed by atoms with E-state index in [1.54, 1.807) is 24.6 Å². The number of pyridine rings is 1. The summed E-state index contributed by atoms with van der Waals surface area (Å²) >= 11 is 0. The van der Waals surface area contributed by atoms with Crippen molar-refractivity contribution in [3.8, 4) is 0 Å². The zero-order chi connectivity index (χ0) is 13.2. The average Bonchev–Trinajstić information content (AvgIpc) is 2.82. The van der Waals surface area contributed by atoms with Gasteiger partial charge in [0.05, 0.1) is 23.7 Å². The number of ether oxygens (including phenoxy) is 1. The molecule has 2 aromatic heterocycles. The molecule has 0 saturated carbocycles. The Hall–Kier alpha value is -2.83. The van der Waals surface area contributed by atoms with E-state index < -0.39 is 5.91 Å². The van der Waals surface area contributed by atoms with Crippen LogP contribution < -0.4 is 11.2 Å². The van der Waals surface area contributed by atoms with E-state index in [0.29, 0.717) is 17.8 Å². The normalized spacial score (nSPS) is 14.0. The Kier molecular flexibility index (Phi) is 2.64.